The lowest BCUT2D eigenvalue weighted by molar-refractivity contribution is 0.318. The van der Waals surface area contributed by atoms with Crippen molar-refractivity contribution in [3.8, 4) is 5.75 Å². The van der Waals surface area contributed by atoms with Gasteiger partial charge in [-0.2, -0.15) is 0 Å². The van der Waals surface area contributed by atoms with Gasteiger partial charge in [0.2, 0.25) is 0 Å². The fraction of sp³-hybridized carbons (Fsp3) is 0.538. The summed E-state index contributed by atoms with van der Waals surface area (Å²) in [6.45, 7) is 3.89. The lowest BCUT2D eigenvalue weighted by Gasteiger charge is -2.10. The van der Waals surface area contributed by atoms with Gasteiger partial charge in [0.15, 0.2) is 0 Å². The van der Waals surface area contributed by atoms with E-state index in [2.05, 4.69) is 12.2 Å². The highest BCUT2D eigenvalue weighted by molar-refractivity contribution is 5.59. The smallest absolute Gasteiger partial charge is 0.123 e. The molecule has 1 fully saturated rings. The highest BCUT2D eigenvalue weighted by Crippen LogP contribution is 2.30. The molecular weight excluding hydrogens is 200 g/mol. The molecule has 0 radical (unpaired) electrons. The topological polar surface area (TPSA) is 47.3 Å². The Kier molecular flexibility index (Phi) is 3.54. The van der Waals surface area contributed by atoms with Gasteiger partial charge in [0, 0.05) is 30.1 Å². The number of anilines is 2. The minimum atomic E-state index is 0.742. The average Bonchev–Trinajstić information content (AvgIpc) is 3.07. The first-order chi connectivity index (χ1) is 7.78. The number of nitrogens with one attached hydrogen (secondary N) is 1. The van der Waals surface area contributed by atoms with E-state index in [0.717, 1.165) is 42.6 Å². The summed E-state index contributed by atoms with van der Waals surface area (Å²) in [5.41, 5.74) is 7.66. The fourth-order valence-corrected chi connectivity index (χ4v) is 1.61. The maximum absolute atomic E-state index is 5.83. The van der Waals surface area contributed by atoms with E-state index in [1.165, 1.54) is 12.8 Å². The molecule has 88 valence electrons. The summed E-state index contributed by atoms with van der Waals surface area (Å²) in [5, 5.41) is 3.40. The Hall–Kier alpha value is -1.38. The zero-order chi connectivity index (χ0) is 11.4. The molecule has 0 amide bonds. The van der Waals surface area contributed by atoms with E-state index >= 15 is 0 Å². The molecule has 3 N–H and O–H groups in total. The molecule has 1 aliphatic carbocycles. The maximum atomic E-state index is 5.83. The largest absolute Gasteiger partial charge is 0.493 e. The van der Waals surface area contributed by atoms with Crippen LogP contribution in [0.1, 0.15) is 26.2 Å². The van der Waals surface area contributed by atoms with Crippen LogP contribution in [0.5, 0.6) is 5.75 Å². The van der Waals surface area contributed by atoms with Crippen molar-refractivity contribution in [2.24, 2.45) is 5.92 Å². The van der Waals surface area contributed by atoms with Crippen molar-refractivity contribution >= 4 is 11.4 Å². The van der Waals surface area contributed by atoms with E-state index < -0.39 is 0 Å². The van der Waals surface area contributed by atoms with Gasteiger partial charge in [0.25, 0.3) is 0 Å². The standard InChI is InChI=1S/C13H20N2O/c1-2-5-16-13-7-11(14)6-12(8-13)15-9-10-3-4-10/h6-8,10,15H,2-5,9,14H2,1H3. The van der Waals surface area contributed by atoms with Crippen LogP contribution in [-0.4, -0.2) is 13.2 Å². The van der Waals surface area contributed by atoms with Crippen molar-refractivity contribution in [3.05, 3.63) is 18.2 Å². The van der Waals surface area contributed by atoms with Crippen molar-refractivity contribution in [1.29, 1.82) is 0 Å². The monoisotopic (exact) mass is 220 g/mol. The van der Waals surface area contributed by atoms with Crippen molar-refractivity contribution < 1.29 is 4.74 Å². The van der Waals surface area contributed by atoms with Crippen molar-refractivity contribution in [2.75, 3.05) is 24.2 Å². The average molecular weight is 220 g/mol. The molecule has 2 rings (SSSR count). The van der Waals surface area contributed by atoms with Crippen molar-refractivity contribution in [3.63, 3.8) is 0 Å². The Balaban J connectivity index is 1.96. The van der Waals surface area contributed by atoms with Crippen LogP contribution in [-0.2, 0) is 0 Å². The molecule has 1 aliphatic rings. The molecule has 16 heavy (non-hydrogen) atoms. The summed E-state index contributed by atoms with van der Waals surface area (Å²) in [4.78, 5) is 0. The molecular formula is C13H20N2O. The Morgan fingerprint density at radius 3 is 2.88 bits per heavy atom. The molecule has 3 heteroatoms. The van der Waals surface area contributed by atoms with E-state index in [0.29, 0.717) is 0 Å². The van der Waals surface area contributed by atoms with Gasteiger partial charge in [0.1, 0.15) is 5.75 Å². The number of nitrogen functional groups attached to an aromatic ring is 1. The predicted molar refractivity (Wildman–Crippen MR) is 67.9 cm³/mol. The lowest BCUT2D eigenvalue weighted by atomic mass is 10.2. The first-order valence-electron chi connectivity index (χ1n) is 6.05. The molecule has 1 aromatic carbocycles. The first kappa shape index (κ1) is 11.1. The van der Waals surface area contributed by atoms with Gasteiger partial charge < -0.3 is 15.8 Å². The Bertz CT molecular complexity index is 348. The zero-order valence-corrected chi connectivity index (χ0v) is 9.83. The number of hydrogen-bond acceptors (Lipinski definition) is 3. The fourth-order valence-electron chi connectivity index (χ4n) is 1.61. The highest BCUT2D eigenvalue weighted by atomic mass is 16.5. The van der Waals surface area contributed by atoms with Crippen LogP contribution < -0.4 is 15.8 Å². The molecule has 0 aromatic heterocycles. The minimum absolute atomic E-state index is 0.742. The van der Waals surface area contributed by atoms with Crippen molar-refractivity contribution in [2.45, 2.75) is 26.2 Å². The van der Waals surface area contributed by atoms with Gasteiger partial charge in [-0.25, -0.2) is 0 Å². The van der Waals surface area contributed by atoms with Gasteiger partial charge in [-0.15, -0.1) is 0 Å². The lowest BCUT2D eigenvalue weighted by Crippen LogP contribution is -2.04. The Morgan fingerprint density at radius 2 is 2.19 bits per heavy atom. The quantitative estimate of drug-likeness (QED) is 0.725. The third kappa shape index (κ3) is 3.33. The molecule has 0 aliphatic heterocycles. The van der Waals surface area contributed by atoms with Crippen LogP contribution in [0.15, 0.2) is 18.2 Å². The summed E-state index contributed by atoms with van der Waals surface area (Å²) in [6, 6.07) is 5.85. The van der Waals surface area contributed by atoms with E-state index in [1.807, 2.05) is 18.2 Å². The van der Waals surface area contributed by atoms with Gasteiger partial charge in [-0.1, -0.05) is 6.92 Å². The minimum Gasteiger partial charge on any atom is -0.493 e. The van der Waals surface area contributed by atoms with Gasteiger partial charge >= 0.3 is 0 Å². The predicted octanol–water partition coefficient (Wildman–Crippen LogP) is 2.88. The van der Waals surface area contributed by atoms with E-state index in [-0.39, 0.29) is 0 Å². The Morgan fingerprint density at radius 1 is 1.38 bits per heavy atom. The summed E-state index contributed by atoms with van der Waals surface area (Å²) >= 11 is 0. The van der Waals surface area contributed by atoms with Crippen LogP contribution >= 0.6 is 0 Å². The highest BCUT2D eigenvalue weighted by Gasteiger charge is 2.20. The molecule has 0 saturated heterocycles. The number of rotatable bonds is 6. The molecule has 0 spiro atoms. The second-order valence-electron chi connectivity index (χ2n) is 4.46. The number of hydrogen-bond donors (Lipinski definition) is 2. The molecule has 1 saturated carbocycles. The third-order valence-electron chi connectivity index (χ3n) is 2.69. The van der Waals surface area contributed by atoms with Crippen molar-refractivity contribution in [1.82, 2.24) is 0 Å². The van der Waals surface area contributed by atoms with Crippen LogP contribution in [0.2, 0.25) is 0 Å². The van der Waals surface area contributed by atoms with Crippen LogP contribution in [0.3, 0.4) is 0 Å². The summed E-state index contributed by atoms with van der Waals surface area (Å²) in [6.07, 6.45) is 3.72. The number of nitrogens with two attached hydrogens (primary N) is 1. The molecule has 0 atom stereocenters. The van der Waals surface area contributed by atoms with Crippen LogP contribution in [0.4, 0.5) is 11.4 Å². The summed E-state index contributed by atoms with van der Waals surface area (Å²) in [7, 11) is 0. The summed E-state index contributed by atoms with van der Waals surface area (Å²) in [5.74, 6) is 1.72. The molecule has 3 nitrogen and oxygen atoms in total. The Labute approximate surface area is 97.0 Å². The third-order valence-corrected chi connectivity index (χ3v) is 2.69. The van der Waals surface area contributed by atoms with Gasteiger partial charge in [0.05, 0.1) is 6.61 Å². The summed E-state index contributed by atoms with van der Waals surface area (Å²) < 4.78 is 5.58. The first-order valence-corrected chi connectivity index (χ1v) is 6.05. The van der Waals surface area contributed by atoms with E-state index in [4.69, 9.17) is 10.5 Å². The molecule has 1 aromatic rings. The molecule has 0 unspecified atom stereocenters. The van der Waals surface area contributed by atoms with Crippen LogP contribution in [0, 0.1) is 5.92 Å². The second kappa shape index (κ2) is 5.10. The van der Waals surface area contributed by atoms with Gasteiger partial charge in [-0.05, 0) is 31.2 Å². The number of ether oxygens (including phenoxy) is 1. The molecule has 0 heterocycles. The zero-order valence-electron chi connectivity index (χ0n) is 9.83. The molecule has 0 bridgehead atoms. The van der Waals surface area contributed by atoms with Gasteiger partial charge in [-0.3, -0.25) is 0 Å². The van der Waals surface area contributed by atoms with Crippen LogP contribution in [0.25, 0.3) is 0 Å². The SMILES string of the molecule is CCCOc1cc(N)cc(NCC2CC2)c1. The normalized spacial score (nSPS) is 14.8. The maximum Gasteiger partial charge on any atom is 0.123 e. The van der Waals surface area contributed by atoms with E-state index in [1.54, 1.807) is 0 Å². The van der Waals surface area contributed by atoms with E-state index in [9.17, 15) is 0 Å². The second-order valence-corrected chi connectivity index (χ2v) is 4.46. The number of benzene rings is 1.